The summed E-state index contributed by atoms with van der Waals surface area (Å²) in [6.07, 6.45) is 5.12. The molecule has 1 saturated carbocycles. The van der Waals surface area contributed by atoms with Crippen LogP contribution in [0.5, 0.6) is 5.75 Å². The van der Waals surface area contributed by atoms with E-state index in [1.165, 1.54) is 13.2 Å². The molecule has 1 aliphatic rings. The maximum Gasteiger partial charge on any atom is 0.217 e. The standard InChI is InChI=1S/C16H23FN2O2/c1-21-14-5-4-11(8-12(14)17)13(18)9-16(10-15(19)20)6-2-3-7-16/h4-5,8,13H,2-3,6-7,9-10,18H2,1H3,(H2,19,20). The Morgan fingerprint density at radius 1 is 1.43 bits per heavy atom. The van der Waals surface area contributed by atoms with Crippen LogP contribution in [0.3, 0.4) is 0 Å². The van der Waals surface area contributed by atoms with Crippen molar-refractivity contribution in [3.63, 3.8) is 0 Å². The van der Waals surface area contributed by atoms with Crippen LogP contribution in [0.15, 0.2) is 18.2 Å². The summed E-state index contributed by atoms with van der Waals surface area (Å²) in [5.74, 6) is -0.496. The molecule has 21 heavy (non-hydrogen) atoms. The number of nitrogens with two attached hydrogens (primary N) is 2. The maximum atomic E-state index is 13.8. The number of carbonyl (C=O) groups excluding carboxylic acids is 1. The number of primary amides is 1. The third-order valence-electron chi connectivity index (χ3n) is 4.47. The van der Waals surface area contributed by atoms with E-state index in [9.17, 15) is 9.18 Å². The number of methoxy groups -OCH3 is 1. The number of hydrogen-bond acceptors (Lipinski definition) is 3. The molecule has 1 unspecified atom stereocenters. The predicted molar refractivity (Wildman–Crippen MR) is 79.2 cm³/mol. The van der Waals surface area contributed by atoms with Gasteiger partial charge in [0.2, 0.25) is 5.91 Å². The molecule has 4 N–H and O–H groups in total. The minimum atomic E-state index is -0.416. The molecule has 1 aromatic carbocycles. The summed E-state index contributed by atoms with van der Waals surface area (Å²) in [5.41, 5.74) is 12.2. The normalized spacial score (nSPS) is 18.4. The SMILES string of the molecule is COc1ccc(C(N)CC2(CC(N)=O)CCCC2)cc1F. The van der Waals surface area contributed by atoms with Gasteiger partial charge in [-0.25, -0.2) is 4.39 Å². The van der Waals surface area contributed by atoms with E-state index in [0.717, 1.165) is 31.2 Å². The molecule has 0 aliphatic heterocycles. The van der Waals surface area contributed by atoms with Crippen LogP contribution in [0.4, 0.5) is 4.39 Å². The summed E-state index contributed by atoms with van der Waals surface area (Å²) >= 11 is 0. The lowest BCUT2D eigenvalue weighted by Gasteiger charge is -2.31. The summed E-state index contributed by atoms with van der Waals surface area (Å²) in [6.45, 7) is 0. The third-order valence-corrected chi connectivity index (χ3v) is 4.47. The van der Waals surface area contributed by atoms with Gasteiger partial charge in [-0.2, -0.15) is 0 Å². The molecule has 1 fully saturated rings. The van der Waals surface area contributed by atoms with E-state index in [-0.39, 0.29) is 23.1 Å². The number of benzene rings is 1. The van der Waals surface area contributed by atoms with Gasteiger partial charge in [0.15, 0.2) is 11.6 Å². The van der Waals surface area contributed by atoms with E-state index < -0.39 is 5.82 Å². The highest BCUT2D eigenvalue weighted by Gasteiger charge is 2.37. The van der Waals surface area contributed by atoms with Crippen LogP contribution >= 0.6 is 0 Å². The van der Waals surface area contributed by atoms with Crippen molar-refractivity contribution in [2.24, 2.45) is 16.9 Å². The zero-order chi connectivity index (χ0) is 15.5. The number of hydrogen-bond donors (Lipinski definition) is 2. The molecule has 0 spiro atoms. The third kappa shape index (κ3) is 3.73. The maximum absolute atomic E-state index is 13.8. The lowest BCUT2D eigenvalue weighted by molar-refractivity contribution is -0.120. The van der Waals surface area contributed by atoms with Gasteiger partial charge in [-0.05, 0) is 42.4 Å². The van der Waals surface area contributed by atoms with Gasteiger partial charge in [0, 0.05) is 12.5 Å². The Labute approximate surface area is 124 Å². The Hall–Kier alpha value is -1.62. The molecule has 1 amide bonds. The van der Waals surface area contributed by atoms with Crippen molar-refractivity contribution >= 4 is 5.91 Å². The van der Waals surface area contributed by atoms with Crippen molar-refractivity contribution in [3.05, 3.63) is 29.6 Å². The van der Waals surface area contributed by atoms with Crippen molar-refractivity contribution < 1.29 is 13.9 Å². The number of ether oxygens (including phenoxy) is 1. The topological polar surface area (TPSA) is 78.3 Å². The first-order chi connectivity index (χ1) is 9.96. The number of rotatable bonds is 6. The molecule has 2 rings (SSSR count). The smallest absolute Gasteiger partial charge is 0.217 e. The molecule has 0 bridgehead atoms. The van der Waals surface area contributed by atoms with Crippen molar-refractivity contribution in [1.29, 1.82) is 0 Å². The zero-order valence-corrected chi connectivity index (χ0v) is 12.4. The molecule has 4 nitrogen and oxygen atoms in total. The van der Waals surface area contributed by atoms with Crippen LogP contribution in [-0.4, -0.2) is 13.0 Å². The average Bonchev–Trinajstić information content (AvgIpc) is 2.85. The van der Waals surface area contributed by atoms with Gasteiger partial charge in [0.25, 0.3) is 0 Å². The minimum Gasteiger partial charge on any atom is -0.494 e. The van der Waals surface area contributed by atoms with Crippen LogP contribution in [0.1, 0.15) is 50.1 Å². The second-order valence-electron chi connectivity index (χ2n) is 6.05. The van der Waals surface area contributed by atoms with Crippen molar-refractivity contribution in [2.75, 3.05) is 7.11 Å². The fourth-order valence-electron chi connectivity index (χ4n) is 3.45. The van der Waals surface area contributed by atoms with Crippen molar-refractivity contribution in [2.45, 2.75) is 44.6 Å². The first-order valence-electron chi connectivity index (χ1n) is 7.33. The lowest BCUT2D eigenvalue weighted by Crippen LogP contribution is -2.29. The molecule has 0 radical (unpaired) electrons. The summed E-state index contributed by atoms with van der Waals surface area (Å²) in [4.78, 5) is 11.3. The van der Waals surface area contributed by atoms with Crippen LogP contribution < -0.4 is 16.2 Å². The highest BCUT2D eigenvalue weighted by molar-refractivity contribution is 5.74. The Morgan fingerprint density at radius 3 is 2.62 bits per heavy atom. The molecule has 1 atom stereocenters. The van der Waals surface area contributed by atoms with E-state index in [1.807, 2.05) is 0 Å². The van der Waals surface area contributed by atoms with E-state index in [4.69, 9.17) is 16.2 Å². The molecule has 0 aromatic heterocycles. The highest BCUT2D eigenvalue weighted by atomic mass is 19.1. The fourth-order valence-corrected chi connectivity index (χ4v) is 3.45. The molecule has 116 valence electrons. The van der Waals surface area contributed by atoms with E-state index in [0.29, 0.717) is 12.8 Å². The Bertz CT molecular complexity index is 513. The monoisotopic (exact) mass is 294 g/mol. The molecule has 5 heteroatoms. The van der Waals surface area contributed by atoms with Gasteiger partial charge >= 0.3 is 0 Å². The van der Waals surface area contributed by atoms with Gasteiger partial charge < -0.3 is 16.2 Å². The Kier molecular flexibility index (Phi) is 4.83. The lowest BCUT2D eigenvalue weighted by atomic mass is 9.76. The molecule has 0 heterocycles. The van der Waals surface area contributed by atoms with Crippen LogP contribution in [0.25, 0.3) is 0 Å². The van der Waals surface area contributed by atoms with Gasteiger partial charge in [-0.3, -0.25) is 4.79 Å². The van der Waals surface area contributed by atoms with Gasteiger partial charge in [-0.15, -0.1) is 0 Å². The number of halogens is 1. The molecular formula is C16H23FN2O2. The zero-order valence-electron chi connectivity index (χ0n) is 12.4. The molecular weight excluding hydrogens is 271 g/mol. The average molecular weight is 294 g/mol. The largest absolute Gasteiger partial charge is 0.494 e. The molecule has 0 saturated heterocycles. The minimum absolute atomic E-state index is 0.123. The molecule has 1 aromatic rings. The van der Waals surface area contributed by atoms with Crippen LogP contribution in [0, 0.1) is 11.2 Å². The first kappa shape index (κ1) is 15.8. The first-order valence-corrected chi connectivity index (χ1v) is 7.33. The van der Waals surface area contributed by atoms with Crippen LogP contribution in [-0.2, 0) is 4.79 Å². The van der Waals surface area contributed by atoms with Gasteiger partial charge in [0.1, 0.15) is 0 Å². The van der Waals surface area contributed by atoms with E-state index in [2.05, 4.69) is 0 Å². The molecule has 1 aliphatic carbocycles. The van der Waals surface area contributed by atoms with Gasteiger partial charge in [0.05, 0.1) is 7.11 Å². The Balaban J connectivity index is 2.13. The summed E-state index contributed by atoms with van der Waals surface area (Å²) < 4.78 is 18.7. The van der Waals surface area contributed by atoms with E-state index in [1.54, 1.807) is 12.1 Å². The summed E-state index contributed by atoms with van der Waals surface area (Å²) in [6, 6.07) is 4.47. The van der Waals surface area contributed by atoms with Crippen molar-refractivity contribution in [3.8, 4) is 5.75 Å². The Morgan fingerprint density at radius 2 is 2.10 bits per heavy atom. The quantitative estimate of drug-likeness (QED) is 0.846. The van der Waals surface area contributed by atoms with Gasteiger partial charge in [-0.1, -0.05) is 18.9 Å². The van der Waals surface area contributed by atoms with E-state index >= 15 is 0 Å². The van der Waals surface area contributed by atoms with Crippen LogP contribution in [0.2, 0.25) is 0 Å². The second kappa shape index (κ2) is 6.43. The number of amides is 1. The summed E-state index contributed by atoms with van der Waals surface area (Å²) in [7, 11) is 1.43. The van der Waals surface area contributed by atoms with Crippen molar-refractivity contribution in [1.82, 2.24) is 0 Å². The number of carbonyl (C=O) groups is 1. The fraction of sp³-hybridized carbons (Fsp3) is 0.562. The highest BCUT2D eigenvalue weighted by Crippen LogP contribution is 2.46. The second-order valence-corrected chi connectivity index (χ2v) is 6.05. The predicted octanol–water partition coefficient (Wildman–Crippen LogP) is 2.66. The summed E-state index contributed by atoms with van der Waals surface area (Å²) in [5, 5.41) is 0.